The molecule has 1 atom stereocenters. The van der Waals surface area contributed by atoms with Gasteiger partial charge in [-0.2, -0.15) is 27.1 Å². The normalized spacial score (nSPS) is 17.2. The molecule has 0 saturated heterocycles. The van der Waals surface area contributed by atoms with Gasteiger partial charge >= 0.3 is 18.1 Å². The van der Waals surface area contributed by atoms with E-state index in [4.69, 9.17) is 22.2 Å². The summed E-state index contributed by atoms with van der Waals surface area (Å²) in [4.78, 5) is 38.5. The van der Waals surface area contributed by atoms with E-state index >= 15 is 0 Å². The van der Waals surface area contributed by atoms with E-state index in [0.717, 1.165) is 16.5 Å². The number of aryl methyl sites for hydroxylation is 1. The highest BCUT2D eigenvalue weighted by atomic mass is 35.5. The molecule has 210 valence electrons. The number of carbonyl (C=O) groups excluding carboxylic acids is 2. The quantitative estimate of drug-likeness (QED) is 0.256. The number of nitrogen functional groups attached to an aromatic ring is 1. The van der Waals surface area contributed by atoms with E-state index in [0.29, 0.717) is 0 Å². The van der Waals surface area contributed by atoms with Crippen LogP contribution in [0.25, 0.3) is 22.4 Å². The summed E-state index contributed by atoms with van der Waals surface area (Å²) in [5.41, 5.74) is 5.04. The van der Waals surface area contributed by atoms with Gasteiger partial charge in [0.05, 0.1) is 17.3 Å². The van der Waals surface area contributed by atoms with Gasteiger partial charge in [0.15, 0.2) is 5.82 Å². The van der Waals surface area contributed by atoms with Crippen molar-refractivity contribution < 1.29 is 36.4 Å². The minimum absolute atomic E-state index is 0.000136. The Bertz CT molecular complexity index is 1690. The molecule has 1 amide bonds. The Kier molecular flexibility index (Phi) is 6.16. The summed E-state index contributed by atoms with van der Waals surface area (Å²) in [7, 11) is 0. The molecule has 0 bridgehead atoms. The number of alkyl halides is 5. The molecular weight excluding hydrogens is 569 g/mol. The molecule has 1 aliphatic rings. The zero-order valence-electron chi connectivity index (χ0n) is 20.4. The van der Waals surface area contributed by atoms with E-state index in [1.54, 1.807) is 0 Å². The first-order chi connectivity index (χ1) is 18.6. The first-order valence-electron chi connectivity index (χ1n) is 11.3. The van der Waals surface area contributed by atoms with E-state index in [1.165, 1.54) is 31.3 Å². The van der Waals surface area contributed by atoms with Gasteiger partial charge < -0.3 is 15.9 Å². The van der Waals surface area contributed by atoms with Crippen molar-refractivity contribution in [2.45, 2.75) is 44.3 Å². The molecule has 0 unspecified atom stereocenters. The Balaban J connectivity index is 1.57. The van der Waals surface area contributed by atoms with Crippen LogP contribution in [0.1, 0.15) is 31.5 Å². The molecule has 4 heterocycles. The lowest BCUT2D eigenvalue weighted by Gasteiger charge is -2.19. The van der Waals surface area contributed by atoms with Crippen molar-refractivity contribution in [3.63, 3.8) is 0 Å². The zero-order chi connectivity index (χ0) is 29.2. The lowest BCUT2D eigenvalue weighted by Crippen LogP contribution is -2.37. The monoisotopic (exact) mass is 585 g/mol. The fraction of sp³-hybridized carbons (Fsp3) is 0.318. The average Bonchev–Trinajstić information content (AvgIpc) is 3.52. The summed E-state index contributed by atoms with van der Waals surface area (Å²) in [5.74, 6) is -6.57. The van der Waals surface area contributed by atoms with Crippen molar-refractivity contribution in [1.82, 2.24) is 34.9 Å². The number of nitrogens with one attached hydrogen (secondary N) is 1. The van der Waals surface area contributed by atoms with Crippen LogP contribution in [0.5, 0.6) is 0 Å². The van der Waals surface area contributed by atoms with Crippen LogP contribution >= 0.6 is 11.6 Å². The molecule has 3 N–H and O–H groups in total. The number of rotatable bonds is 6. The SMILES string of the molecule is CC(=O)On1cc([C@]2(C)C(=O)Nc3nc(-c4nn(CCC(F)(F)C(F)(F)F)c5cc(Cl)ccc45)nc(N)c32)nn1. The number of hydrogen-bond acceptors (Lipinski definition) is 9. The Morgan fingerprint density at radius 2 is 1.95 bits per heavy atom. The molecule has 0 spiro atoms. The maximum absolute atomic E-state index is 13.6. The Labute approximate surface area is 225 Å². The summed E-state index contributed by atoms with van der Waals surface area (Å²) in [6, 6.07) is 4.29. The van der Waals surface area contributed by atoms with Gasteiger partial charge in [-0.25, -0.2) is 14.8 Å². The molecule has 1 aromatic carbocycles. The highest BCUT2D eigenvalue weighted by molar-refractivity contribution is 6.31. The van der Waals surface area contributed by atoms with E-state index in [2.05, 4.69) is 30.7 Å². The number of hydrogen-bond donors (Lipinski definition) is 2. The lowest BCUT2D eigenvalue weighted by atomic mass is 9.81. The van der Waals surface area contributed by atoms with Crippen molar-refractivity contribution >= 4 is 46.0 Å². The van der Waals surface area contributed by atoms with Crippen LogP contribution in [0.3, 0.4) is 0 Å². The Morgan fingerprint density at radius 1 is 1.23 bits per heavy atom. The van der Waals surface area contributed by atoms with Crippen LogP contribution in [0, 0.1) is 0 Å². The number of nitrogens with zero attached hydrogens (tertiary/aromatic N) is 7. The van der Waals surface area contributed by atoms with Crippen molar-refractivity contribution in [3.8, 4) is 11.5 Å². The van der Waals surface area contributed by atoms with Gasteiger partial charge in [-0.05, 0) is 30.3 Å². The predicted molar refractivity (Wildman–Crippen MR) is 128 cm³/mol. The van der Waals surface area contributed by atoms with Gasteiger partial charge in [-0.15, -0.1) is 5.10 Å². The molecule has 0 fully saturated rings. The third kappa shape index (κ3) is 4.35. The number of benzene rings is 1. The topological polar surface area (TPSA) is 156 Å². The molecule has 1 aliphatic heterocycles. The van der Waals surface area contributed by atoms with Gasteiger partial charge in [-0.3, -0.25) is 9.48 Å². The zero-order valence-corrected chi connectivity index (χ0v) is 21.2. The molecule has 3 aromatic heterocycles. The number of fused-ring (bicyclic) bond motifs is 2. The lowest BCUT2D eigenvalue weighted by molar-refractivity contribution is -0.285. The number of anilines is 2. The van der Waals surface area contributed by atoms with Crippen molar-refractivity contribution in [3.05, 3.63) is 40.7 Å². The fourth-order valence-electron chi connectivity index (χ4n) is 4.28. The van der Waals surface area contributed by atoms with Crippen molar-refractivity contribution in [1.29, 1.82) is 0 Å². The van der Waals surface area contributed by atoms with E-state index in [1.807, 2.05) is 0 Å². The number of halogens is 6. The third-order valence-corrected chi connectivity index (χ3v) is 6.54. The van der Waals surface area contributed by atoms with Crippen LogP contribution < -0.4 is 15.9 Å². The van der Waals surface area contributed by atoms with E-state index < -0.39 is 42.4 Å². The van der Waals surface area contributed by atoms with Gasteiger partial charge in [0.1, 0.15) is 28.4 Å². The minimum Gasteiger partial charge on any atom is -0.383 e. The number of nitrogens with two attached hydrogens (primary N) is 1. The summed E-state index contributed by atoms with van der Waals surface area (Å²) in [6.07, 6.45) is -6.10. The van der Waals surface area contributed by atoms with E-state index in [9.17, 15) is 31.5 Å². The summed E-state index contributed by atoms with van der Waals surface area (Å²) >= 11 is 6.04. The second-order valence-electron chi connectivity index (χ2n) is 9.01. The molecule has 18 heteroatoms. The molecule has 40 heavy (non-hydrogen) atoms. The molecule has 5 rings (SSSR count). The van der Waals surface area contributed by atoms with Crippen LogP contribution in [0.15, 0.2) is 24.4 Å². The molecule has 0 radical (unpaired) electrons. The number of carbonyl (C=O) groups is 2. The number of aromatic nitrogens is 7. The third-order valence-electron chi connectivity index (χ3n) is 6.31. The number of amides is 1. The predicted octanol–water partition coefficient (Wildman–Crippen LogP) is 3.14. The van der Waals surface area contributed by atoms with Crippen LogP contribution in [0.2, 0.25) is 5.02 Å². The van der Waals surface area contributed by atoms with Crippen LogP contribution in [0.4, 0.5) is 33.6 Å². The molecule has 12 nitrogen and oxygen atoms in total. The summed E-state index contributed by atoms with van der Waals surface area (Å²) < 4.78 is 66.4. The second kappa shape index (κ2) is 9.07. The first kappa shape index (κ1) is 27.2. The van der Waals surface area contributed by atoms with Gasteiger partial charge in [0.2, 0.25) is 5.91 Å². The van der Waals surface area contributed by atoms with Gasteiger partial charge in [-0.1, -0.05) is 16.4 Å². The standard InChI is InChI=1S/C22H17ClF5N9O3/c1-9(38)40-37-8-13(33-35-37)20(2)14-16(29)30-18(31-17(14)32-19(20)39)15-11-4-3-10(23)7-12(11)36(34-15)6-5-21(24,25)22(26,27)28/h3-4,7-8H,5-6H2,1-2H3,(H3,29,30,31,32,39)/t20-/m0/s1. The highest BCUT2D eigenvalue weighted by Crippen LogP contribution is 2.45. The van der Waals surface area contributed by atoms with Gasteiger partial charge in [0, 0.05) is 30.3 Å². The highest BCUT2D eigenvalue weighted by Gasteiger charge is 2.57. The Morgan fingerprint density at radius 3 is 2.62 bits per heavy atom. The first-order valence-corrected chi connectivity index (χ1v) is 11.7. The van der Waals surface area contributed by atoms with E-state index in [-0.39, 0.29) is 50.3 Å². The van der Waals surface area contributed by atoms with Crippen molar-refractivity contribution in [2.75, 3.05) is 11.1 Å². The molecular formula is C22H17ClF5N9O3. The maximum Gasteiger partial charge on any atom is 0.453 e. The summed E-state index contributed by atoms with van der Waals surface area (Å²) in [6.45, 7) is 1.81. The minimum atomic E-state index is -5.73. The fourth-order valence-corrected chi connectivity index (χ4v) is 4.45. The average molecular weight is 586 g/mol. The smallest absolute Gasteiger partial charge is 0.383 e. The second-order valence-corrected chi connectivity index (χ2v) is 9.45. The van der Waals surface area contributed by atoms with Crippen LogP contribution in [-0.2, 0) is 21.5 Å². The molecule has 0 aliphatic carbocycles. The molecule has 0 saturated carbocycles. The van der Waals surface area contributed by atoms with Gasteiger partial charge in [0.25, 0.3) is 0 Å². The maximum atomic E-state index is 13.6. The van der Waals surface area contributed by atoms with Crippen LogP contribution in [-0.4, -0.2) is 58.9 Å². The summed E-state index contributed by atoms with van der Waals surface area (Å²) in [5, 5.41) is 14.8. The molecule has 4 aromatic rings. The van der Waals surface area contributed by atoms with Crippen molar-refractivity contribution in [2.24, 2.45) is 0 Å². The largest absolute Gasteiger partial charge is 0.453 e. The Hall–Kier alpha value is -4.41.